The first-order chi connectivity index (χ1) is 14.5. The van der Waals surface area contributed by atoms with Gasteiger partial charge in [0.2, 0.25) is 11.8 Å². The second-order valence-electron chi connectivity index (χ2n) is 8.70. The van der Waals surface area contributed by atoms with E-state index in [0.717, 1.165) is 36.9 Å². The number of benzene rings is 1. The summed E-state index contributed by atoms with van der Waals surface area (Å²) in [5.41, 5.74) is 1.45. The number of aliphatic hydroxyl groups is 1. The molecule has 2 atom stereocenters. The summed E-state index contributed by atoms with van der Waals surface area (Å²) in [7, 11) is 0. The van der Waals surface area contributed by atoms with Crippen LogP contribution < -0.4 is 5.32 Å². The summed E-state index contributed by atoms with van der Waals surface area (Å²) < 4.78 is 5.48. The van der Waals surface area contributed by atoms with Gasteiger partial charge < -0.3 is 20.1 Å². The Bertz CT molecular complexity index is 696. The minimum atomic E-state index is -0.818. The monoisotopic (exact) mass is 416 g/mol. The van der Waals surface area contributed by atoms with Gasteiger partial charge in [0.15, 0.2) is 0 Å². The fourth-order valence-corrected chi connectivity index (χ4v) is 4.66. The maximum Gasteiger partial charge on any atom is 0.249 e. The van der Waals surface area contributed by atoms with Crippen LogP contribution in [0.15, 0.2) is 24.3 Å². The second-order valence-corrected chi connectivity index (χ2v) is 8.70. The third-order valence-electron chi connectivity index (χ3n) is 6.66. The van der Waals surface area contributed by atoms with Crippen LogP contribution in [0.2, 0.25) is 0 Å². The zero-order valence-electron chi connectivity index (χ0n) is 18.3. The minimum Gasteiger partial charge on any atom is -0.386 e. The zero-order valence-corrected chi connectivity index (χ0v) is 18.3. The average Bonchev–Trinajstić information content (AvgIpc) is 2.77. The molecule has 0 aromatic heterocycles. The molecule has 166 valence electrons. The van der Waals surface area contributed by atoms with Crippen LogP contribution in [0.5, 0.6) is 0 Å². The van der Waals surface area contributed by atoms with Crippen LogP contribution in [0, 0.1) is 11.8 Å². The van der Waals surface area contributed by atoms with Gasteiger partial charge in [-0.25, -0.2) is 0 Å². The van der Waals surface area contributed by atoms with Crippen molar-refractivity contribution in [1.29, 1.82) is 0 Å². The molecule has 1 aromatic rings. The van der Waals surface area contributed by atoms with Gasteiger partial charge in [-0.3, -0.25) is 9.59 Å². The largest absolute Gasteiger partial charge is 0.386 e. The summed E-state index contributed by atoms with van der Waals surface area (Å²) in [6.07, 6.45) is 6.83. The normalized spacial score (nSPS) is 21.7. The molecule has 0 bridgehead atoms. The number of carbonyl (C=O) groups is 2. The molecule has 2 unspecified atom stereocenters. The van der Waals surface area contributed by atoms with Crippen molar-refractivity contribution in [2.45, 2.75) is 70.9 Å². The van der Waals surface area contributed by atoms with E-state index in [1.165, 1.54) is 19.3 Å². The van der Waals surface area contributed by atoms with E-state index >= 15 is 0 Å². The number of hydrogen-bond acceptors (Lipinski definition) is 4. The summed E-state index contributed by atoms with van der Waals surface area (Å²) >= 11 is 0. The number of nitrogens with one attached hydrogen (secondary N) is 1. The summed E-state index contributed by atoms with van der Waals surface area (Å²) in [4.78, 5) is 26.7. The van der Waals surface area contributed by atoms with Crippen LogP contribution in [-0.4, -0.2) is 47.6 Å². The molecule has 2 N–H and O–H groups in total. The van der Waals surface area contributed by atoms with E-state index in [9.17, 15) is 14.7 Å². The molecule has 1 saturated carbocycles. The Morgan fingerprint density at radius 3 is 2.47 bits per heavy atom. The van der Waals surface area contributed by atoms with E-state index in [2.05, 4.69) is 5.32 Å². The van der Waals surface area contributed by atoms with Crippen LogP contribution in [0.4, 0.5) is 5.69 Å². The molecular formula is C24H36N2O4. The molecular weight excluding hydrogens is 380 g/mol. The lowest BCUT2D eigenvalue weighted by atomic mass is 9.88. The lowest BCUT2D eigenvalue weighted by Gasteiger charge is -2.40. The maximum absolute atomic E-state index is 12.6. The minimum absolute atomic E-state index is 0.00834. The standard InChI is InChI=1S/C24H36N2O4/c1-3-18(4-2)24(29)25-20-12-10-19(11-13-20)23(28)21-15-30-16-22(27)26(21)14-17-8-6-5-7-9-17/h10-13,17-18,21,23,28H,3-9,14-16H2,1-2H3,(H,25,29). The molecule has 2 fully saturated rings. The fraction of sp³-hybridized carbons (Fsp3) is 0.667. The van der Waals surface area contributed by atoms with Gasteiger partial charge in [-0.1, -0.05) is 45.2 Å². The highest BCUT2D eigenvalue weighted by Gasteiger charge is 2.36. The first kappa shape index (κ1) is 22.8. The lowest BCUT2D eigenvalue weighted by molar-refractivity contribution is -0.155. The second kappa shape index (κ2) is 10.9. The Balaban J connectivity index is 1.66. The van der Waals surface area contributed by atoms with Crippen LogP contribution >= 0.6 is 0 Å². The van der Waals surface area contributed by atoms with Crippen molar-refractivity contribution in [1.82, 2.24) is 4.90 Å². The number of amides is 2. The number of anilines is 1. The van der Waals surface area contributed by atoms with Gasteiger partial charge in [-0.05, 0) is 49.3 Å². The molecule has 6 heteroatoms. The van der Waals surface area contributed by atoms with Crippen LogP contribution in [0.3, 0.4) is 0 Å². The molecule has 6 nitrogen and oxygen atoms in total. The fourth-order valence-electron chi connectivity index (χ4n) is 4.66. The number of nitrogens with zero attached hydrogens (tertiary/aromatic N) is 1. The number of carbonyl (C=O) groups excluding carboxylic acids is 2. The number of aliphatic hydroxyl groups excluding tert-OH is 1. The van der Waals surface area contributed by atoms with Gasteiger partial charge in [-0.2, -0.15) is 0 Å². The predicted octanol–water partition coefficient (Wildman–Crippen LogP) is 3.90. The maximum atomic E-state index is 12.6. The Morgan fingerprint density at radius 2 is 1.83 bits per heavy atom. The topological polar surface area (TPSA) is 78.9 Å². The summed E-state index contributed by atoms with van der Waals surface area (Å²) in [6, 6.07) is 6.90. The molecule has 1 aliphatic carbocycles. The smallest absolute Gasteiger partial charge is 0.249 e. The van der Waals surface area contributed by atoms with Gasteiger partial charge in [0.05, 0.1) is 12.6 Å². The van der Waals surface area contributed by atoms with Crippen molar-refractivity contribution < 1.29 is 19.4 Å². The highest BCUT2D eigenvalue weighted by atomic mass is 16.5. The number of rotatable bonds is 8. The molecule has 0 spiro atoms. The highest BCUT2D eigenvalue weighted by Crippen LogP contribution is 2.30. The van der Waals surface area contributed by atoms with Crippen LogP contribution in [0.1, 0.15) is 70.5 Å². The zero-order chi connectivity index (χ0) is 21.5. The molecule has 1 aliphatic heterocycles. The van der Waals surface area contributed by atoms with Crippen molar-refractivity contribution in [2.24, 2.45) is 11.8 Å². The van der Waals surface area contributed by atoms with Gasteiger partial charge >= 0.3 is 0 Å². The van der Waals surface area contributed by atoms with Crippen molar-refractivity contribution in [3.8, 4) is 0 Å². The van der Waals surface area contributed by atoms with Gasteiger partial charge in [0.1, 0.15) is 12.7 Å². The quantitative estimate of drug-likeness (QED) is 0.674. The number of morpholine rings is 1. The molecule has 1 heterocycles. The SMILES string of the molecule is CCC(CC)C(=O)Nc1ccc(C(O)C2COCC(=O)N2CC2CCCCC2)cc1. The summed E-state index contributed by atoms with van der Waals surface area (Å²) in [5.74, 6) is 0.510. The van der Waals surface area contributed by atoms with Crippen molar-refractivity contribution in [2.75, 3.05) is 25.1 Å². The van der Waals surface area contributed by atoms with E-state index in [-0.39, 0.29) is 30.4 Å². The molecule has 0 radical (unpaired) electrons. The Hall–Kier alpha value is -1.92. The molecule has 1 aromatic carbocycles. The number of hydrogen-bond donors (Lipinski definition) is 2. The first-order valence-corrected chi connectivity index (χ1v) is 11.5. The Kier molecular flexibility index (Phi) is 8.28. The average molecular weight is 417 g/mol. The Labute approximate surface area is 180 Å². The van der Waals surface area contributed by atoms with Crippen LogP contribution in [0.25, 0.3) is 0 Å². The van der Waals surface area contributed by atoms with Crippen LogP contribution in [-0.2, 0) is 14.3 Å². The number of ether oxygens (including phenoxy) is 1. The first-order valence-electron chi connectivity index (χ1n) is 11.5. The lowest BCUT2D eigenvalue weighted by Crippen LogP contribution is -2.53. The predicted molar refractivity (Wildman–Crippen MR) is 117 cm³/mol. The molecule has 1 saturated heterocycles. The highest BCUT2D eigenvalue weighted by molar-refractivity contribution is 5.92. The molecule has 2 aliphatic rings. The van der Waals surface area contributed by atoms with E-state index in [1.54, 1.807) is 0 Å². The van der Waals surface area contributed by atoms with Gasteiger partial charge in [0, 0.05) is 18.2 Å². The van der Waals surface area contributed by atoms with E-state index in [0.29, 0.717) is 19.1 Å². The molecule has 3 rings (SSSR count). The molecule has 2 amide bonds. The van der Waals surface area contributed by atoms with E-state index in [1.807, 2.05) is 43.0 Å². The van der Waals surface area contributed by atoms with Crippen molar-refractivity contribution in [3.05, 3.63) is 29.8 Å². The van der Waals surface area contributed by atoms with Crippen molar-refractivity contribution in [3.63, 3.8) is 0 Å². The van der Waals surface area contributed by atoms with E-state index in [4.69, 9.17) is 4.74 Å². The summed E-state index contributed by atoms with van der Waals surface area (Å²) in [5, 5.41) is 14.0. The molecule has 30 heavy (non-hydrogen) atoms. The van der Waals surface area contributed by atoms with Gasteiger partial charge in [0.25, 0.3) is 0 Å². The summed E-state index contributed by atoms with van der Waals surface area (Å²) in [6.45, 7) is 5.16. The third kappa shape index (κ3) is 5.61. The van der Waals surface area contributed by atoms with E-state index < -0.39 is 6.10 Å². The van der Waals surface area contributed by atoms with Gasteiger partial charge in [-0.15, -0.1) is 0 Å². The van der Waals surface area contributed by atoms with Crippen molar-refractivity contribution >= 4 is 17.5 Å². The third-order valence-corrected chi connectivity index (χ3v) is 6.66. The Morgan fingerprint density at radius 1 is 1.17 bits per heavy atom.